The third-order valence-corrected chi connectivity index (χ3v) is 5.74. The van der Waals surface area contributed by atoms with Gasteiger partial charge in [0.05, 0.1) is 11.6 Å². The van der Waals surface area contributed by atoms with Crippen LogP contribution in [0.5, 0.6) is 0 Å². The summed E-state index contributed by atoms with van der Waals surface area (Å²) in [5, 5.41) is 1.31. The quantitative estimate of drug-likeness (QED) is 0.740. The highest BCUT2D eigenvalue weighted by Crippen LogP contribution is 2.48. The highest BCUT2D eigenvalue weighted by molar-refractivity contribution is 5.97. The minimum absolute atomic E-state index is 0.317. The number of piperidine rings is 1. The average Bonchev–Trinajstić information content (AvgIpc) is 2.81. The molecule has 1 fully saturated rings. The lowest BCUT2D eigenvalue weighted by atomic mass is 9.79. The molecule has 4 heterocycles. The molecule has 3 aliphatic heterocycles. The normalized spacial score (nSPS) is 28.0. The molecule has 0 amide bonds. The van der Waals surface area contributed by atoms with Crippen molar-refractivity contribution in [2.75, 3.05) is 13.1 Å². The van der Waals surface area contributed by atoms with Gasteiger partial charge in [0, 0.05) is 24.0 Å². The van der Waals surface area contributed by atoms with Crippen molar-refractivity contribution >= 4 is 16.8 Å². The van der Waals surface area contributed by atoms with Gasteiger partial charge < -0.3 is 0 Å². The Balaban J connectivity index is 1.87. The number of rotatable bonds is 0. The zero-order valence-electron chi connectivity index (χ0n) is 12.4. The summed E-state index contributed by atoms with van der Waals surface area (Å²) in [5.41, 5.74) is 5.17. The first-order valence-electron chi connectivity index (χ1n) is 8.15. The molecule has 2 atom stereocenters. The Labute approximate surface area is 124 Å². The van der Waals surface area contributed by atoms with E-state index in [1.54, 1.807) is 0 Å². The van der Waals surface area contributed by atoms with Crippen molar-refractivity contribution in [3.05, 3.63) is 35.0 Å². The zero-order chi connectivity index (χ0) is 14.1. The second kappa shape index (κ2) is 3.98. The Bertz CT molecular complexity index is 773. The molecule has 0 saturated carbocycles. The minimum Gasteiger partial charge on any atom is -0.294 e. The number of fused-ring (bicyclic) bond motifs is 3. The molecule has 5 rings (SSSR count). The molecule has 1 aromatic heterocycles. The van der Waals surface area contributed by atoms with Crippen LogP contribution in [0.3, 0.4) is 0 Å². The van der Waals surface area contributed by atoms with E-state index >= 15 is 0 Å². The summed E-state index contributed by atoms with van der Waals surface area (Å²) in [5.74, 6) is 0.861. The molecule has 2 aromatic rings. The van der Waals surface area contributed by atoms with Gasteiger partial charge in [-0.25, -0.2) is 0 Å². The van der Waals surface area contributed by atoms with Crippen LogP contribution < -0.4 is 0 Å². The second-order valence-corrected chi connectivity index (χ2v) is 6.95. The predicted octanol–water partition coefficient (Wildman–Crippen LogP) is 3.30. The summed E-state index contributed by atoms with van der Waals surface area (Å²) in [4.78, 5) is 15.4. The van der Waals surface area contributed by atoms with E-state index in [0.717, 1.165) is 24.9 Å². The predicted molar refractivity (Wildman–Crippen MR) is 82.7 cm³/mol. The van der Waals surface area contributed by atoms with Crippen LogP contribution in [-0.4, -0.2) is 28.5 Å². The van der Waals surface area contributed by atoms with E-state index in [2.05, 4.69) is 34.6 Å². The Kier molecular flexibility index (Phi) is 2.27. The van der Waals surface area contributed by atoms with E-state index < -0.39 is 0 Å². The lowest BCUT2D eigenvalue weighted by Gasteiger charge is -2.46. The second-order valence-electron chi connectivity index (χ2n) is 6.95. The first kappa shape index (κ1) is 12.0. The number of aromatic nitrogens is 1. The number of benzene rings is 1. The first-order valence-corrected chi connectivity index (χ1v) is 8.15. The van der Waals surface area contributed by atoms with Crippen LogP contribution in [0.1, 0.15) is 46.9 Å². The molecule has 0 aliphatic carbocycles. The lowest BCUT2D eigenvalue weighted by Crippen LogP contribution is -2.47. The SMILES string of the molecule is Cc1ccc2c3c4n(c2c1)C(=O)C[C@H]1CCCN(CC3)[C@@H]41. The molecule has 3 nitrogen and oxygen atoms in total. The van der Waals surface area contributed by atoms with Crippen molar-refractivity contribution in [1.82, 2.24) is 9.47 Å². The van der Waals surface area contributed by atoms with E-state index in [1.165, 1.54) is 41.6 Å². The van der Waals surface area contributed by atoms with Gasteiger partial charge in [-0.3, -0.25) is 14.3 Å². The van der Waals surface area contributed by atoms with Crippen molar-refractivity contribution in [1.29, 1.82) is 0 Å². The van der Waals surface area contributed by atoms with Gasteiger partial charge in [-0.15, -0.1) is 0 Å². The fourth-order valence-corrected chi connectivity index (χ4v) is 4.91. The van der Waals surface area contributed by atoms with Crippen molar-refractivity contribution in [3.8, 4) is 0 Å². The molecule has 0 radical (unpaired) electrons. The number of hydrogen-bond acceptors (Lipinski definition) is 2. The van der Waals surface area contributed by atoms with E-state index in [0.29, 0.717) is 17.9 Å². The van der Waals surface area contributed by atoms with Gasteiger partial charge >= 0.3 is 0 Å². The third-order valence-electron chi connectivity index (χ3n) is 5.74. The van der Waals surface area contributed by atoms with Gasteiger partial charge in [-0.1, -0.05) is 12.1 Å². The first-order chi connectivity index (χ1) is 10.2. The number of carbonyl (C=O) groups excluding carboxylic acids is 1. The summed E-state index contributed by atoms with van der Waals surface area (Å²) >= 11 is 0. The Hall–Kier alpha value is -1.61. The highest BCUT2D eigenvalue weighted by Gasteiger charge is 2.44. The van der Waals surface area contributed by atoms with Gasteiger partial charge in [0.2, 0.25) is 5.91 Å². The summed E-state index contributed by atoms with van der Waals surface area (Å²) in [6.07, 6.45) is 4.29. The molecule has 0 spiro atoms. The molecule has 1 saturated heterocycles. The van der Waals surface area contributed by atoms with Crippen LogP contribution in [0.2, 0.25) is 0 Å². The standard InChI is InChI=1S/C18H20N2O/c1-11-4-5-13-14-6-8-19-7-2-3-12-10-16(21)20(15(13)9-11)18(14)17(12)19/h4-5,9,12,17H,2-3,6-8,10H2,1H3/t12-,17-/m1/s1. The maximum Gasteiger partial charge on any atom is 0.231 e. The van der Waals surface area contributed by atoms with Crippen LogP contribution in [0.15, 0.2) is 18.2 Å². The maximum atomic E-state index is 12.8. The smallest absolute Gasteiger partial charge is 0.231 e. The van der Waals surface area contributed by atoms with Crippen molar-refractivity contribution in [2.45, 2.75) is 38.6 Å². The van der Waals surface area contributed by atoms with Crippen LogP contribution in [0.4, 0.5) is 0 Å². The number of hydrogen-bond donors (Lipinski definition) is 0. The molecule has 1 aromatic carbocycles. The number of carbonyl (C=O) groups is 1. The lowest BCUT2D eigenvalue weighted by molar-refractivity contribution is 0.0478. The van der Waals surface area contributed by atoms with Crippen LogP contribution in [0.25, 0.3) is 10.9 Å². The zero-order valence-corrected chi connectivity index (χ0v) is 12.4. The van der Waals surface area contributed by atoms with Gasteiger partial charge in [-0.05, 0) is 55.8 Å². The van der Waals surface area contributed by atoms with E-state index in [1.807, 2.05) is 0 Å². The molecule has 0 unspecified atom stereocenters. The molecule has 3 aliphatic rings. The fourth-order valence-electron chi connectivity index (χ4n) is 4.91. The molecule has 0 N–H and O–H groups in total. The van der Waals surface area contributed by atoms with Crippen molar-refractivity contribution < 1.29 is 4.79 Å². The van der Waals surface area contributed by atoms with Gasteiger partial charge in [0.15, 0.2) is 0 Å². The minimum atomic E-state index is 0.317. The molecular weight excluding hydrogens is 260 g/mol. The summed E-state index contributed by atoms with van der Waals surface area (Å²) < 4.78 is 2.07. The number of nitrogens with zero attached hydrogens (tertiary/aromatic N) is 2. The van der Waals surface area contributed by atoms with E-state index in [9.17, 15) is 4.79 Å². The third kappa shape index (κ3) is 1.45. The molecule has 3 heteroatoms. The van der Waals surface area contributed by atoms with Gasteiger partial charge in [0.25, 0.3) is 0 Å². The molecule has 21 heavy (non-hydrogen) atoms. The summed E-state index contributed by atoms with van der Waals surface area (Å²) in [7, 11) is 0. The molecule has 108 valence electrons. The van der Waals surface area contributed by atoms with E-state index in [-0.39, 0.29) is 0 Å². The fraction of sp³-hybridized carbons (Fsp3) is 0.500. The largest absolute Gasteiger partial charge is 0.294 e. The van der Waals surface area contributed by atoms with Crippen molar-refractivity contribution in [3.63, 3.8) is 0 Å². The Morgan fingerprint density at radius 2 is 2.14 bits per heavy atom. The molecule has 0 bridgehead atoms. The summed E-state index contributed by atoms with van der Waals surface area (Å²) in [6.45, 7) is 4.48. The van der Waals surface area contributed by atoms with Gasteiger partial charge in [0.1, 0.15) is 0 Å². The average molecular weight is 280 g/mol. The monoisotopic (exact) mass is 280 g/mol. The molecular formula is C18H20N2O. The van der Waals surface area contributed by atoms with Crippen molar-refractivity contribution in [2.24, 2.45) is 5.92 Å². The van der Waals surface area contributed by atoms with E-state index in [4.69, 9.17) is 0 Å². The van der Waals surface area contributed by atoms with Crippen LogP contribution >= 0.6 is 0 Å². The van der Waals surface area contributed by atoms with Crippen LogP contribution in [0, 0.1) is 12.8 Å². The maximum absolute atomic E-state index is 12.8. The Morgan fingerprint density at radius 1 is 1.24 bits per heavy atom. The highest BCUT2D eigenvalue weighted by atomic mass is 16.2. The number of aryl methyl sites for hydroxylation is 1. The topological polar surface area (TPSA) is 25.2 Å². The Morgan fingerprint density at radius 3 is 3.05 bits per heavy atom. The van der Waals surface area contributed by atoms with Crippen LogP contribution in [-0.2, 0) is 6.42 Å². The van der Waals surface area contributed by atoms with Gasteiger partial charge in [-0.2, -0.15) is 0 Å². The summed E-state index contributed by atoms with van der Waals surface area (Å²) in [6, 6.07) is 7.10.